The van der Waals surface area contributed by atoms with E-state index in [1.54, 1.807) is 40.1 Å². The summed E-state index contributed by atoms with van der Waals surface area (Å²) >= 11 is 0. The monoisotopic (exact) mass is 464 g/mol. The van der Waals surface area contributed by atoms with Gasteiger partial charge in [-0.25, -0.2) is 13.6 Å². The molecule has 2 N–H and O–H groups in total. The van der Waals surface area contributed by atoms with Crippen LogP contribution in [0.25, 0.3) is 0 Å². The number of amides is 4. The van der Waals surface area contributed by atoms with E-state index in [4.69, 9.17) is 0 Å². The first-order chi connectivity index (χ1) is 16.4. The van der Waals surface area contributed by atoms with Crippen molar-refractivity contribution >= 4 is 29.2 Å². The van der Waals surface area contributed by atoms with Crippen LogP contribution in [0.15, 0.2) is 72.8 Å². The SMILES string of the molecule is O=C(Nc1ccc(NC(=O)N2CCN(C(=O)c3cccc(F)c3)CC2)cc1)c1ccc(F)cc1. The molecule has 1 aliphatic heterocycles. The summed E-state index contributed by atoms with van der Waals surface area (Å²) in [4.78, 5) is 40.5. The van der Waals surface area contributed by atoms with Gasteiger partial charge < -0.3 is 20.4 Å². The van der Waals surface area contributed by atoms with Crippen LogP contribution in [0.5, 0.6) is 0 Å². The van der Waals surface area contributed by atoms with Crippen molar-refractivity contribution in [1.82, 2.24) is 9.80 Å². The molecule has 9 heteroatoms. The van der Waals surface area contributed by atoms with Crippen LogP contribution in [0.1, 0.15) is 20.7 Å². The standard InChI is InChI=1S/C25H22F2N4O3/c26-19-6-4-17(5-7-19)23(32)28-21-8-10-22(11-9-21)29-25(34)31-14-12-30(13-15-31)24(33)18-2-1-3-20(27)16-18/h1-11,16H,12-15H2,(H,28,32)(H,29,34). The summed E-state index contributed by atoms with van der Waals surface area (Å²) in [6, 6.07) is 17.1. The van der Waals surface area contributed by atoms with Gasteiger partial charge in [0.25, 0.3) is 11.8 Å². The average Bonchev–Trinajstić information content (AvgIpc) is 2.85. The zero-order chi connectivity index (χ0) is 24.1. The van der Waals surface area contributed by atoms with Crippen LogP contribution < -0.4 is 10.6 Å². The number of carbonyl (C=O) groups is 3. The fourth-order valence-electron chi connectivity index (χ4n) is 3.56. The number of nitrogens with zero attached hydrogens (tertiary/aromatic N) is 2. The molecule has 1 aliphatic rings. The van der Waals surface area contributed by atoms with Crippen LogP contribution >= 0.6 is 0 Å². The predicted molar refractivity (Wildman–Crippen MR) is 124 cm³/mol. The Morgan fingerprint density at radius 2 is 1.24 bits per heavy atom. The van der Waals surface area contributed by atoms with Gasteiger partial charge in [0.2, 0.25) is 0 Å². The number of hydrogen-bond acceptors (Lipinski definition) is 3. The molecule has 3 aromatic rings. The summed E-state index contributed by atoms with van der Waals surface area (Å²) in [6.45, 7) is 1.38. The molecule has 0 aliphatic carbocycles. The number of urea groups is 1. The van der Waals surface area contributed by atoms with Crippen LogP contribution in [-0.2, 0) is 0 Å². The highest BCUT2D eigenvalue weighted by Gasteiger charge is 2.25. The Balaban J connectivity index is 1.27. The van der Waals surface area contributed by atoms with E-state index in [2.05, 4.69) is 10.6 Å². The maximum Gasteiger partial charge on any atom is 0.321 e. The van der Waals surface area contributed by atoms with Gasteiger partial charge in [0.05, 0.1) is 0 Å². The van der Waals surface area contributed by atoms with Gasteiger partial charge in [-0.15, -0.1) is 0 Å². The maximum absolute atomic E-state index is 13.4. The molecule has 1 saturated heterocycles. The molecule has 0 aromatic heterocycles. The summed E-state index contributed by atoms with van der Waals surface area (Å²) in [5.74, 6) is -1.53. The quantitative estimate of drug-likeness (QED) is 0.607. The zero-order valence-electron chi connectivity index (χ0n) is 18.1. The van der Waals surface area contributed by atoms with Crippen LogP contribution in [0, 0.1) is 11.6 Å². The number of piperazine rings is 1. The minimum atomic E-state index is -0.468. The van der Waals surface area contributed by atoms with E-state index in [9.17, 15) is 23.2 Å². The molecular weight excluding hydrogens is 442 g/mol. The van der Waals surface area contributed by atoms with Gasteiger partial charge in [0.1, 0.15) is 11.6 Å². The van der Waals surface area contributed by atoms with E-state index in [1.165, 1.54) is 42.5 Å². The van der Waals surface area contributed by atoms with E-state index in [0.29, 0.717) is 43.1 Å². The van der Waals surface area contributed by atoms with Crippen molar-refractivity contribution in [2.24, 2.45) is 0 Å². The van der Waals surface area contributed by atoms with E-state index < -0.39 is 11.6 Å². The third kappa shape index (κ3) is 5.55. The largest absolute Gasteiger partial charge is 0.335 e. The van der Waals surface area contributed by atoms with E-state index >= 15 is 0 Å². The number of benzene rings is 3. The lowest BCUT2D eigenvalue weighted by Gasteiger charge is -2.34. The van der Waals surface area contributed by atoms with Gasteiger partial charge in [-0.05, 0) is 66.7 Å². The van der Waals surface area contributed by atoms with Gasteiger partial charge >= 0.3 is 6.03 Å². The van der Waals surface area contributed by atoms with Crippen LogP contribution in [-0.4, -0.2) is 53.8 Å². The first-order valence-electron chi connectivity index (χ1n) is 10.7. The number of anilines is 2. The Kier molecular flexibility index (Phi) is 6.82. The summed E-state index contributed by atoms with van der Waals surface area (Å²) in [5, 5.41) is 5.50. The van der Waals surface area contributed by atoms with Crippen molar-refractivity contribution < 1.29 is 23.2 Å². The molecule has 3 aromatic carbocycles. The summed E-state index contributed by atoms with van der Waals surface area (Å²) in [5.41, 5.74) is 1.68. The van der Waals surface area contributed by atoms with Crippen molar-refractivity contribution in [2.75, 3.05) is 36.8 Å². The molecular formula is C25H22F2N4O3. The van der Waals surface area contributed by atoms with Crippen LogP contribution in [0.4, 0.5) is 25.0 Å². The number of carbonyl (C=O) groups excluding carboxylic acids is 3. The highest BCUT2D eigenvalue weighted by atomic mass is 19.1. The predicted octanol–water partition coefficient (Wildman–Crippen LogP) is 4.21. The van der Waals surface area contributed by atoms with E-state index in [-0.39, 0.29) is 23.4 Å². The second-order valence-electron chi connectivity index (χ2n) is 7.76. The Morgan fingerprint density at radius 3 is 1.85 bits per heavy atom. The molecule has 1 heterocycles. The highest BCUT2D eigenvalue weighted by Crippen LogP contribution is 2.17. The van der Waals surface area contributed by atoms with Crippen molar-refractivity contribution in [1.29, 1.82) is 0 Å². The number of nitrogens with one attached hydrogen (secondary N) is 2. The van der Waals surface area contributed by atoms with Crippen molar-refractivity contribution in [3.8, 4) is 0 Å². The van der Waals surface area contributed by atoms with Gasteiger partial charge in [0, 0.05) is 48.7 Å². The Hall–Kier alpha value is -4.27. The lowest BCUT2D eigenvalue weighted by molar-refractivity contribution is 0.0671. The summed E-state index contributed by atoms with van der Waals surface area (Å²) in [7, 11) is 0. The molecule has 0 radical (unpaired) electrons. The molecule has 7 nitrogen and oxygen atoms in total. The molecule has 1 fully saturated rings. The summed E-state index contributed by atoms with van der Waals surface area (Å²) < 4.78 is 26.4. The van der Waals surface area contributed by atoms with Gasteiger partial charge in [-0.3, -0.25) is 9.59 Å². The number of halogens is 2. The molecule has 4 rings (SSSR count). The van der Waals surface area contributed by atoms with Crippen LogP contribution in [0.3, 0.4) is 0 Å². The summed E-state index contributed by atoms with van der Waals surface area (Å²) in [6.07, 6.45) is 0. The number of hydrogen-bond donors (Lipinski definition) is 2. The molecule has 0 saturated carbocycles. The lowest BCUT2D eigenvalue weighted by Crippen LogP contribution is -2.51. The smallest absolute Gasteiger partial charge is 0.321 e. The van der Waals surface area contributed by atoms with Crippen LogP contribution in [0.2, 0.25) is 0 Å². The lowest BCUT2D eigenvalue weighted by atomic mass is 10.2. The van der Waals surface area contributed by atoms with Crippen molar-refractivity contribution in [3.05, 3.63) is 95.6 Å². The fraction of sp³-hybridized carbons (Fsp3) is 0.160. The van der Waals surface area contributed by atoms with E-state index in [0.717, 1.165) is 0 Å². The molecule has 0 unspecified atom stereocenters. The topological polar surface area (TPSA) is 81.8 Å². The number of rotatable bonds is 4. The minimum Gasteiger partial charge on any atom is -0.335 e. The Labute approximate surface area is 195 Å². The normalized spacial score (nSPS) is 13.4. The average molecular weight is 464 g/mol. The highest BCUT2D eigenvalue weighted by molar-refractivity contribution is 6.04. The third-order valence-electron chi connectivity index (χ3n) is 5.43. The molecule has 0 spiro atoms. The molecule has 0 atom stereocenters. The molecule has 174 valence electrons. The first-order valence-corrected chi connectivity index (χ1v) is 10.7. The third-order valence-corrected chi connectivity index (χ3v) is 5.43. The van der Waals surface area contributed by atoms with Gasteiger partial charge in [-0.2, -0.15) is 0 Å². The Bertz CT molecular complexity index is 1190. The second-order valence-corrected chi connectivity index (χ2v) is 7.76. The molecule has 0 bridgehead atoms. The fourth-order valence-corrected chi connectivity index (χ4v) is 3.56. The van der Waals surface area contributed by atoms with E-state index in [1.807, 2.05) is 0 Å². The maximum atomic E-state index is 13.4. The first kappa shape index (κ1) is 22.9. The molecule has 4 amide bonds. The van der Waals surface area contributed by atoms with Crippen molar-refractivity contribution in [3.63, 3.8) is 0 Å². The van der Waals surface area contributed by atoms with Gasteiger partial charge in [0.15, 0.2) is 0 Å². The Morgan fingerprint density at radius 1 is 0.647 bits per heavy atom. The molecule has 34 heavy (non-hydrogen) atoms. The second kappa shape index (κ2) is 10.1. The van der Waals surface area contributed by atoms with Crippen molar-refractivity contribution in [2.45, 2.75) is 0 Å². The van der Waals surface area contributed by atoms with Gasteiger partial charge in [-0.1, -0.05) is 6.07 Å². The minimum absolute atomic E-state index is 0.266. The zero-order valence-corrected chi connectivity index (χ0v) is 18.1.